The number of amides is 2. The molecule has 3 aromatic carbocycles. The van der Waals surface area contributed by atoms with Crippen molar-refractivity contribution in [2.75, 3.05) is 12.4 Å². The van der Waals surface area contributed by atoms with Gasteiger partial charge >= 0.3 is 6.18 Å². The van der Waals surface area contributed by atoms with Crippen LogP contribution in [0.2, 0.25) is 0 Å². The summed E-state index contributed by atoms with van der Waals surface area (Å²) in [6.07, 6.45) is -2.67. The first-order valence-electron chi connectivity index (χ1n) is 10.7. The van der Waals surface area contributed by atoms with E-state index >= 15 is 0 Å². The van der Waals surface area contributed by atoms with E-state index in [0.717, 1.165) is 28.6 Å². The lowest BCUT2D eigenvalue weighted by Gasteiger charge is -2.39. The molecule has 0 radical (unpaired) electrons. The van der Waals surface area contributed by atoms with Gasteiger partial charge < -0.3 is 15.2 Å². The van der Waals surface area contributed by atoms with Crippen molar-refractivity contribution in [1.29, 1.82) is 0 Å². The number of hydrogen-bond acceptors (Lipinski definition) is 2. The minimum Gasteiger partial charge on any atom is -0.361 e. The number of benzene rings is 3. The van der Waals surface area contributed by atoms with E-state index < -0.39 is 29.6 Å². The molecule has 2 atom stereocenters. The molecule has 0 fully saturated rings. The average Bonchev–Trinajstić information content (AvgIpc) is 3.24. The van der Waals surface area contributed by atoms with E-state index in [9.17, 15) is 22.8 Å². The van der Waals surface area contributed by atoms with Crippen LogP contribution in [0.4, 0.5) is 18.9 Å². The zero-order chi connectivity index (χ0) is 24.0. The number of halogens is 3. The molecule has 2 amide bonds. The highest BCUT2D eigenvalue weighted by Gasteiger charge is 2.43. The fourth-order valence-electron chi connectivity index (χ4n) is 4.65. The molecule has 34 heavy (non-hydrogen) atoms. The van der Waals surface area contributed by atoms with Crippen LogP contribution in [0.3, 0.4) is 0 Å². The number of rotatable bonds is 3. The van der Waals surface area contributed by atoms with Gasteiger partial charge in [0, 0.05) is 41.0 Å². The van der Waals surface area contributed by atoms with Gasteiger partial charge in [0.1, 0.15) is 0 Å². The normalized spacial score (nSPS) is 18.1. The molecule has 0 unspecified atom stereocenters. The number of para-hydroxylation sites is 1. The SMILES string of the molecule is CN1C(=O)c2ccccc2[C@@H](C(=O)Nc2ccc(C(F)(F)F)cc2)[C@H]1c1c[nH]c2ccccc12. The number of H-pyrrole nitrogens is 1. The van der Waals surface area contributed by atoms with Crippen LogP contribution in [-0.2, 0) is 11.0 Å². The fraction of sp³-hybridized carbons (Fsp3) is 0.154. The Morgan fingerprint density at radius 3 is 2.35 bits per heavy atom. The molecule has 2 heterocycles. The maximum Gasteiger partial charge on any atom is 0.416 e. The van der Waals surface area contributed by atoms with Crippen LogP contribution in [0.1, 0.15) is 39.0 Å². The molecule has 8 heteroatoms. The highest BCUT2D eigenvalue weighted by atomic mass is 19.4. The number of carbonyl (C=O) groups is 2. The van der Waals surface area contributed by atoms with Crippen molar-refractivity contribution in [2.45, 2.75) is 18.1 Å². The van der Waals surface area contributed by atoms with E-state index in [1.165, 1.54) is 12.1 Å². The molecule has 0 bridgehead atoms. The van der Waals surface area contributed by atoms with E-state index in [1.54, 1.807) is 42.4 Å². The zero-order valence-electron chi connectivity index (χ0n) is 18.1. The van der Waals surface area contributed by atoms with Crippen molar-refractivity contribution in [3.8, 4) is 0 Å². The van der Waals surface area contributed by atoms with Gasteiger partial charge in [-0.2, -0.15) is 13.2 Å². The molecule has 0 saturated carbocycles. The third-order valence-electron chi connectivity index (χ3n) is 6.28. The van der Waals surface area contributed by atoms with Crippen LogP contribution < -0.4 is 5.32 Å². The average molecular weight is 463 g/mol. The van der Waals surface area contributed by atoms with Gasteiger partial charge in [0.25, 0.3) is 5.91 Å². The quantitative estimate of drug-likeness (QED) is 0.407. The van der Waals surface area contributed by atoms with E-state index in [1.807, 2.05) is 24.3 Å². The number of aromatic nitrogens is 1. The Labute approximate surface area is 193 Å². The van der Waals surface area contributed by atoms with Crippen molar-refractivity contribution in [3.05, 3.63) is 101 Å². The summed E-state index contributed by atoms with van der Waals surface area (Å²) in [6.45, 7) is 0. The van der Waals surface area contributed by atoms with E-state index in [0.29, 0.717) is 11.1 Å². The summed E-state index contributed by atoms with van der Waals surface area (Å²) in [4.78, 5) is 31.6. The van der Waals surface area contributed by atoms with Crippen LogP contribution in [0, 0.1) is 0 Å². The summed E-state index contributed by atoms with van der Waals surface area (Å²) >= 11 is 0. The molecule has 0 saturated heterocycles. The van der Waals surface area contributed by atoms with Crippen LogP contribution in [0.25, 0.3) is 10.9 Å². The van der Waals surface area contributed by atoms with Crippen LogP contribution in [-0.4, -0.2) is 28.7 Å². The Morgan fingerprint density at radius 1 is 0.941 bits per heavy atom. The first-order chi connectivity index (χ1) is 16.3. The third kappa shape index (κ3) is 3.61. The van der Waals surface area contributed by atoms with Crippen LogP contribution in [0.15, 0.2) is 79.0 Å². The van der Waals surface area contributed by atoms with Crippen molar-refractivity contribution in [2.24, 2.45) is 0 Å². The summed E-state index contributed by atoms with van der Waals surface area (Å²) in [5.74, 6) is -1.40. The predicted octanol–water partition coefficient (Wildman–Crippen LogP) is 5.74. The first-order valence-corrected chi connectivity index (χ1v) is 10.7. The number of alkyl halides is 3. The van der Waals surface area contributed by atoms with Crippen molar-refractivity contribution < 1.29 is 22.8 Å². The first kappa shape index (κ1) is 21.8. The van der Waals surface area contributed by atoms with E-state index in [-0.39, 0.29) is 11.6 Å². The molecular formula is C26H20F3N3O2. The maximum atomic E-state index is 13.6. The maximum absolute atomic E-state index is 13.6. The molecule has 2 N–H and O–H groups in total. The number of nitrogens with zero attached hydrogens (tertiary/aromatic N) is 1. The van der Waals surface area contributed by atoms with Crippen LogP contribution in [0.5, 0.6) is 0 Å². The van der Waals surface area contributed by atoms with Crippen molar-refractivity contribution >= 4 is 28.4 Å². The molecule has 5 nitrogen and oxygen atoms in total. The molecule has 5 rings (SSSR count). The van der Waals surface area contributed by atoms with Gasteiger partial charge in [0.15, 0.2) is 0 Å². The second-order valence-corrected chi connectivity index (χ2v) is 8.28. The van der Waals surface area contributed by atoms with E-state index in [4.69, 9.17) is 0 Å². The lowest BCUT2D eigenvalue weighted by atomic mass is 9.79. The largest absolute Gasteiger partial charge is 0.416 e. The summed E-state index contributed by atoms with van der Waals surface area (Å²) in [5, 5.41) is 3.64. The van der Waals surface area contributed by atoms with Crippen molar-refractivity contribution in [3.63, 3.8) is 0 Å². The number of hydrogen-bond donors (Lipinski definition) is 2. The lowest BCUT2D eigenvalue weighted by molar-refractivity contribution is -0.137. The monoisotopic (exact) mass is 463 g/mol. The molecule has 1 aromatic heterocycles. The van der Waals surface area contributed by atoms with Gasteiger partial charge in [-0.25, -0.2) is 0 Å². The fourth-order valence-corrected chi connectivity index (χ4v) is 4.65. The molecule has 172 valence electrons. The second-order valence-electron chi connectivity index (χ2n) is 8.28. The summed E-state index contributed by atoms with van der Waals surface area (Å²) < 4.78 is 38.8. The van der Waals surface area contributed by atoms with Gasteiger partial charge in [0.05, 0.1) is 17.5 Å². The molecule has 0 spiro atoms. The zero-order valence-corrected chi connectivity index (χ0v) is 18.1. The lowest BCUT2D eigenvalue weighted by Crippen LogP contribution is -2.44. The molecular weight excluding hydrogens is 443 g/mol. The summed E-state index contributed by atoms with van der Waals surface area (Å²) in [7, 11) is 1.66. The molecule has 4 aromatic rings. The Bertz CT molecular complexity index is 1390. The Balaban J connectivity index is 1.58. The number of anilines is 1. The van der Waals surface area contributed by atoms with Gasteiger partial charge in [0.2, 0.25) is 5.91 Å². The topological polar surface area (TPSA) is 65.2 Å². The molecule has 1 aliphatic rings. The third-order valence-corrected chi connectivity index (χ3v) is 6.28. The second kappa shape index (κ2) is 8.06. The smallest absolute Gasteiger partial charge is 0.361 e. The minimum atomic E-state index is -4.46. The standard InChI is InChI=1S/C26H20F3N3O2/c1-32-23(20-14-30-21-9-5-4-6-17(20)21)22(18-7-2-3-8-19(18)25(32)34)24(33)31-16-12-10-15(11-13-16)26(27,28)29/h2-14,22-23,30H,1H3,(H,31,33)/t22-,23-/m1/s1. The summed E-state index contributed by atoms with van der Waals surface area (Å²) in [5.41, 5.74) is 2.11. The number of carbonyl (C=O) groups excluding carboxylic acids is 2. The number of fused-ring (bicyclic) bond motifs is 2. The predicted molar refractivity (Wildman–Crippen MR) is 122 cm³/mol. The highest BCUT2D eigenvalue weighted by Crippen LogP contribution is 2.44. The Kier molecular flexibility index (Phi) is 5.16. The Morgan fingerprint density at radius 2 is 1.62 bits per heavy atom. The van der Waals surface area contributed by atoms with Gasteiger partial charge in [-0.15, -0.1) is 0 Å². The van der Waals surface area contributed by atoms with E-state index in [2.05, 4.69) is 10.3 Å². The Hall–Kier alpha value is -4.07. The number of likely N-dealkylation sites (N-methyl/N-ethyl adjacent to an activating group) is 1. The molecule has 0 aliphatic carbocycles. The summed E-state index contributed by atoms with van der Waals surface area (Å²) in [6, 6.07) is 18.2. The van der Waals surface area contributed by atoms with Crippen molar-refractivity contribution in [1.82, 2.24) is 9.88 Å². The van der Waals surface area contributed by atoms with Crippen LogP contribution >= 0.6 is 0 Å². The number of nitrogens with one attached hydrogen (secondary N) is 2. The van der Waals surface area contributed by atoms with Gasteiger partial charge in [-0.05, 0) is 42.0 Å². The minimum absolute atomic E-state index is 0.204. The van der Waals surface area contributed by atoms with Gasteiger partial charge in [-0.3, -0.25) is 9.59 Å². The molecule has 1 aliphatic heterocycles. The number of aromatic amines is 1. The van der Waals surface area contributed by atoms with Gasteiger partial charge in [-0.1, -0.05) is 36.4 Å². The highest BCUT2D eigenvalue weighted by molar-refractivity contribution is 6.05.